The fourth-order valence-electron chi connectivity index (χ4n) is 3.56. The maximum atomic E-state index is 12.9. The second kappa shape index (κ2) is 9.09. The number of hydrogen-bond donors (Lipinski definition) is 0. The molecule has 8 nitrogen and oxygen atoms in total. The minimum atomic E-state index is -0.324. The zero-order chi connectivity index (χ0) is 21.8. The molecule has 0 radical (unpaired) electrons. The van der Waals surface area contributed by atoms with Gasteiger partial charge in [-0.1, -0.05) is 18.2 Å². The van der Waals surface area contributed by atoms with Crippen LogP contribution in [0, 0.1) is 0 Å². The maximum absolute atomic E-state index is 12.9. The smallest absolute Gasteiger partial charge is 0.274 e. The number of pyridine rings is 1. The van der Waals surface area contributed by atoms with Crippen molar-refractivity contribution in [1.82, 2.24) is 19.7 Å². The number of morpholine rings is 1. The number of ether oxygens (including phenoxy) is 2. The van der Waals surface area contributed by atoms with E-state index >= 15 is 0 Å². The third kappa shape index (κ3) is 4.80. The van der Waals surface area contributed by atoms with Gasteiger partial charge in [-0.3, -0.25) is 14.6 Å². The van der Waals surface area contributed by atoms with Crippen molar-refractivity contribution in [2.24, 2.45) is 7.05 Å². The number of carbonyl (C=O) groups excluding carboxylic acids is 1. The number of rotatable bonds is 5. The van der Waals surface area contributed by atoms with Gasteiger partial charge in [0.05, 0.1) is 26.0 Å². The number of benzene rings is 1. The molecular weight excluding hydrogens is 396 g/mol. The molecule has 1 amide bonds. The Bertz CT molecular complexity index is 1140. The minimum absolute atomic E-state index is 0.226. The molecule has 0 aliphatic carbocycles. The van der Waals surface area contributed by atoms with Crippen LogP contribution in [0.2, 0.25) is 0 Å². The van der Waals surface area contributed by atoms with Crippen molar-refractivity contribution >= 4 is 5.91 Å². The number of aromatic nitrogens is 3. The van der Waals surface area contributed by atoms with Gasteiger partial charge in [-0.25, -0.2) is 4.68 Å². The largest absolute Gasteiger partial charge is 0.497 e. The molecule has 31 heavy (non-hydrogen) atoms. The van der Waals surface area contributed by atoms with Crippen LogP contribution in [0.3, 0.4) is 0 Å². The first-order valence-electron chi connectivity index (χ1n) is 10.1. The zero-order valence-electron chi connectivity index (χ0n) is 17.5. The monoisotopic (exact) mass is 420 g/mol. The van der Waals surface area contributed by atoms with Crippen LogP contribution in [0.4, 0.5) is 0 Å². The highest BCUT2D eigenvalue weighted by Gasteiger charge is 2.28. The summed E-state index contributed by atoms with van der Waals surface area (Å²) in [6, 6.07) is 16.6. The third-order valence-corrected chi connectivity index (χ3v) is 5.21. The summed E-state index contributed by atoms with van der Waals surface area (Å²) < 4.78 is 12.4. The van der Waals surface area contributed by atoms with Crippen molar-refractivity contribution < 1.29 is 14.3 Å². The summed E-state index contributed by atoms with van der Waals surface area (Å²) in [6.45, 7) is 1.24. The van der Waals surface area contributed by atoms with Gasteiger partial charge in [0.1, 0.15) is 17.5 Å². The van der Waals surface area contributed by atoms with E-state index in [4.69, 9.17) is 14.5 Å². The van der Waals surface area contributed by atoms with Crippen molar-refractivity contribution in [1.29, 1.82) is 0 Å². The number of amides is 1. The van der Waals surface area contributed by atoms with Gasteiger partial charge in [0.25, 0.3) is 11.5 Å². The lowest BCUT2D eigenvalue weighted by atomic mass is 10.1. The minimum Gasteiger partial charge on any atom is -0.497 e. The Morgan fingerprint density at radius 3 is 2.84 bits per heavy atom. The van der Waals surface area contributed by atoms with Crippen LogP contribution in [0.5, 0.6) is 5.75 Å². The van der Waals surface area contributed by atoms with E-state index in [0.717, 1.165) is 27.4 Å². The third-order valence-electron chi connectivity index (χ3n) is 5.21. The Morgan fingerprint density at radius 2 is 2.03 bits per heavy atom. The van der Waals surface area contributed by atoms with E-state index in [2.05, 4.69) is 5.10 Å². The summed E-state index contributed by atoms with van der Waals surface area (Å²) in [7, 11) is 3.18. The number of methoxy groups -OCH3 is 1. The SMILES string of the molecule is COc1cccc(Cc2cccc(C3CN(C(=O)c4ccc(=O)n(C)n4)CCO3)n2)c1. The van der Waals surface area contributed by atoms with Gasteiger partial charge in [0, 0.05) is 31.8 Å². The van der Waals surface area contributed by atoms with E-state index < -0.39 is 0 Å². The van der Waals surface area contributed by atoms with Gasteiger partial charge in [-0.05, 0) is 35.9 Å². The lowest BCUT2D eigenvalue weighted by Crippen LogP contribution is -2.43. The highest BCUT2D eigenvalue weighted by Crippen LogP contribution is 2.23. The summed E-state index contributed by atoms with van der Waals surface area (Å²) >= 11 is 0. The van der Waals surface area contributed by atoms with Gasteiger partial charge in [0.15, 0.2) is 0 Å². The molecule has 2 aromatic heterocycles. The molecule has 160 valence electrons. The van der Waals surface area contributed by atoms with Crippen LogP contribution in [-0.2, 0) is 18.2 Å². The quantitative estimate of drug-likeness (QED) is 0.628. The highest BCUT2D eigenvalue weighted by molar-refractivity contribution is 5.92. The van der Waals surface area contributed by atoms with E-state index in [1.165, 1.54) is 19.2 Å². The Kier molecular flexibility index (Phi) is 6.08. The summed E-state index contributed by atoms with van der Waals surface area (Å²) in [6.07, 6.45) is 0.345. The molecule has 3 heterocycles. The molecular formula is C23H24N4O4. The fourth-order valence-corrected chi connectivity index (χ4v) is 3.56. The Morgan fingerprint density at radius 1 is 1.19 bits per heavy atom. The summed E-state index contributed by atoms with van der Waals surface area (Å²) in [5.41, 5.74) is 2.78. The van der Waals surface area contributed by atoms with E-state index in [1.807, 2.05) is 42.5 Å². The zero-order valence-corrected chi connectivity index (χ0v) is 17.5. The first-order chi connectivity index (χ1) is 15.0. The molecule has 1 aliphatic rings. The molecule has 0 spiro atoms. The normalized spacial score (nSPS) is 16.2. The summed E-state index contributed by atoms with van der Waals surface area (Å²) in [5.74, 6) is 0.585. The number of carbonyl (C=O) groups is 1. The predicted molar refractivity (Wildman–Crippen MR) is 114 cm³/mol. The molecule has 1 aliphatic heterocycles. The van der Waals surface area contributed by atoms with Crippen LogP contribution in [-0.4, -0.2) is 52.4 Å². The average molecular weight is 420 g/mol. The predicted octanol–water partition coefficient (Wildman–Crippen LogP) is 1.99. The van der Waals surface area contributed by atoms with E-state index in [9.17, 15) is 9.59 Å². The molecule has 0 bridgehead atoms. The van der Waals surface area contributed by atoms with E-state index in [0.29, 0.717) is 26.1 Å². The van der Waals surface area contributed by atoms with Gasteiger partial charge in [0.2, 0.25) is 0 Å². The molecule has 0 N–H and O–H groups in total. The van der Waals surface area contributed by atoms with Crippen LogP contribution in [0.15, 0.2) is 59.4 Å². The van der Waals surface area contributed by atoms with Gasteiger partial charge in [-0.15, -0.1) is 0 Å². The number of hydrogen-bond acceptors (Lipinski definition) is 6. The summed E-state index contributed by atoms with van der Waals surface area (Å²) in [4.78, 5) is 30.9. The Labute approximate surface area is 180 Å². The lowest BCUT2D eigenvalue weighted by Gasteiger charge is -2.32. The lowest BCUT2D eigenvalue weighted by molar-refractivity contribution is -0.0250. The molecule has 3 aromatic rings. The van der Waals surface area contributed by atoms with Crippen LogP contribution in [0.25, 0.3) is 0 Å². The molecule has 0 saturated carbocycles. The molecule has 1 unspecified atom stereocenters. The average Bonchev–Trinajstić information content (AvgIpc) is 2.81. The van der Waals surface area contributed by atoms with Gasteiger partial charge >= 0.3 is 0 Å². The Balaban J connectivity index is 1.49. The van der Waals surface area contributed by atoms with Crippen LogP contribution < -0.4 is 10.3 Å². The molecule has 1 atom stereocenters. The van der Waals surface area contributed by atoms with Crippen molar-refractivity contribution in [3.05, 3.63) is 87.6 Å². The first kappa shape index (κ1) is 20.7. The molecule has 1 fully saturated rings. The van der Waals surface area contributed by atoms with Crippen molar-refractivity contribution in [3.8, 4) is 5.75 Å². The van der Waals surface area contributed by atoms with Gasteiger partial charge in [-0.2, -0.15) is 5.10 Å². The number of nitrogens with zero attached hydrogens (tertiary/aromatic N) is 4. The first-order valence-corrected chi connectivity index (χ1v) is 10.1. The van der Waals surface area contributed by atoms with E-state index in [1.54, 1.807) is 12.0 Å². The van der Waals surface area contributed by atoms with Crippen molar-refractivity contribution in [2.45, 2.75) is 12.5 Å². The van der Waals surface area contributed by atoms with Crippen LogP contribution >= 0.6 is 0 Å². The highest BCUT2D eigenvalue weighted by atomic mass is 16.5. The standard InChI is InChI=1S/C23H24N4O4/c1-26-22(28)10-9-20(25-26)23(29)27-11-12-31-21(15-27)19-8-4-6-17(24-19)13-16-5-3-7-18(14-16)30-2/h3-10,14,21H,11-13,15H2,1-2H3. The van der Waals surface area contributed by atoms with Crippen LogP contribution in [0.1, 0.15) is 33.5 Å². The molecule has 8 heteroatoms. The van der Waals surface area contributed by atoms with E-state index in [-0.39, 0.29) is 23.3 Å². The Hall–Kier alpha value is -3.52. The summed E-state index contributed by atoms with van der Waals surface area (Å²) in [5, 5.41) is 4.07. The molecule has 4 rings (SSSR count). The molecule has 1 saturated heterocycles. The van der Waals surface area contributed by atoms with Crippen molar-refractivity contribution in [2.75, 3.05) is 26.8 Å². The second-order valence-electron chi connectivity index (χ2n) is 7.37. The topological polar surface area (TPSA) is 86.6 Å². The maximum Gasteiger partial charge on any atom is 0.274 e. The number of aryl methyl sites for hydroxylation is 1. The van der Waals surface area contributed by atoms with Gasteiger partial charge < -0.3 is 14.4 Å². The second-order valence-corrected chi connectivity index (χ2v) is 7.37. The fraction of sp³-hybridized carbons (Fsp3) is 0.304. The van der Waals surface area contributed by atoms with Crippen molar-refractivity contribution in [3.63, 3.8) is 0 Å². The molecule has 1 aromatic carbocycles.